The molecule has 0 aliphatic carbocycles. The van der Waals surface area contributed by atoms with Gasteiger partial charge in [-0.2, -0.15) is 5.10 Å². The lowest BCUT2D eigenvalue weighted by Gasteiger charge is -2.04. The number of rotatable bonds is 3. The highest BCUT2D eigenvalue weighted by atomic mass is 16.7. The van der Waals surface area contributed by atoms with Crippen LogP contribution in [0.3, 0.4) is 0 Å². The van der Waals surface area contributed by atoms with Crippen LogP contribution in [0.15, 0.2) is 53.6 Å². The average molecular weight is 254 g/mol. The maximum absolute atomic E-state index is 5.35. The van der Waals surface area contributed by atoms with Gasteiger partial charge in [0.2, 0.25) is 6.79 Å². The third-order valence-corrected chi connectivity index (χ3v) is 2.92. The van der Waals surface area contributed by atoms with Crippen molar-refractivity contribution in [2.75, 3.05) is 12.2 Å². The number of para-hydroxylation sites is 1. The van der Waals surface area contributed by atoms with Crippen LogP contribution in [-0.2, 0) is 0 Å². The summed E-state index contributed by atoms with van der Waals surface area (Å²) in [5.74, 6) is 1.55. The molecule has 3 rings (SSSR count). The van der Waals surface area contributed by atoms with E-state index in [-0.39, 0.29) is 6.79 Å². The Labute approximate surface area is 111 Å². The molecular formula is C15H14N2O2. The molecule has 1 heterocycles. The third-order valence-electron chi connectivity index (χ3n) is 2.92. The highest BCUT2D eigenvalue weighted by Gasteiger charge is 2.13. The Bertz CT molecular complexity index is 609. The number of hydrazone groups is 1. The molecular weight excluding hydrogens is 240 g/mol. The number of benzene rings is 2. The lowest BCUT2D eigenvalue weighted by molar-refractivity contribution is 0.174. The fraction of sp³-hybridized carbons (Fsp3) is 0.133. The maximum Gasteiger partial charge on any atom is 0.231 e. The van der Waals surface area contributed by atoms with Crippen LogP contribution < -0.4 is 14.9 Å². The van der Waals surface area contributed by atoms with E-state index in [2.05, 4.69) is 10.5 Å². The molecule has 96 valence electrons. The molecule has 0 aromatic heterocycles. The number of nitrogens with zero attached hydrogens (tertiary/aromatic N) is 1. The SMILES string of the molecule is C/C(=N/Nc1ccccc1)c1ccc2c(c1)OCO2. The first-order valence-corrected chi connectivity index (χ1v) is 6.08. The molecule has 1 aliphatic rings. The van der Waals surface area contributed by atoms with Gasteiger partial charge in [-0.05, 0) is 37.3 Å². The van der Waals surface area contributed by atoms with Crippen LogP contribution >= 0.6 is 0 Å². The summed E-state index contributed by atoms with van der Waals surface area (Å²) in [6.45, 7) is 2.24. The predicted molar refractivity (Wildman–Crippen MR) is 74.8 cm³/mol. The molecule has 0 saturated heterocycles. The first-order chi connectivity index (χ1) is 9.33. The van der Waals surface area contributed by atoms with Gasteiger partial charge >= 0.3 is 0 Å². The predicted octanol–water partition coefficient (Wildman–Crippen LogP) is 3.25. The Morgan fingerprint density at radius 3 is 2.68 bits per heavy atom. The van der Waals surface area contributed by atoms with Crippen LogP contribution in [0.2, 0.25) is 0 Å². The zero-order valence-electron chi connectivity index (χ0n) is 10.6. The van der Waals surface area contributed by atoms with Gasteiger partial charge in [0.15, 0.2) is 11.5 Å². The molecule has 0 radical (unpaired) electrons. The third kappa shape index (κ3) is 2.52. The second kappa shape index (κ2) is 5.02. The number of ether oxygens (including phenoxy) is 2. The van der Waals surface area contributed by atoms with Crippen LogP contribution in [0, 0.1) is 0 Å². The van der Waals surface area contributed by atoms with Crippen molar-refractivity contribution in [3.8, 4) is 11.5 Å². The van der Waals surface area contributed by atoms with E-state index in [1.807, 2.05) is 55.5 Å². The quantitative estimate of drug-likeness (QED) is 0.675. The first kappa shape index (κ1) is 11.6. The van der Waals surface area contributed by atoms with Crippen LogP contribution in [0.25, 0.3) is 0 Å². The van der Waals surface area contributed by atoms with Gasteiger partial charge in [-0.25, -0.2) is 0 Å². The van der Waals surface area contributed by atoms with Gasteiger partial charge in [0.05, 0.1) is 11.4 Å². The lowest BCUT2D eigenvalue weighted by atomic mass is 10.1. The van der Waals surface area contributed by atoms with Crippen molar-refractivity contribution >= 4 is 11.4 Å². The van der Waals surface area contributed by atoms with Crippen molar-refractivity contribution in [3.05, 3.63) is 54.1 Å². The Morgan fingerprint density at radius 2 is 1.84 bits per heavy atom. The Kier molecular flexibility index (Phi) is 3.06. The van der Waals surface area contributed by atoms with E-state index in [4.69, 9.17) is 9.47 Å². The largest absolute Gasteiger partial charge is 0.454 e. The van der Waals surface area contributed by atoms with E-state index in [0.29, 0.717) is 0 Å². The van der Waals surface area contributed by atoms with Crippen molar-refractivity contribution in [2.45, 2.75) is 6.92 Å². The van der Waals surface area contributed by atoms with E-state index >= 15 is 0 Å². The molecule has 0 unspecified atom stereocenters. The van der Waals surface area contributed by atoms with E-state index in [9.17, 15) is 0 Å². The molecule has 4 nitrogen and oxygen atoms in total. The fourth-order valence-electron chi connectivity index (χ4n) is 1.85. The van der Waals surface area contributed by atoms with E-state index < -0.39 is 0 Å². The van der Waals surface area contributed by atoms with Gasteiger partial charge in [0.1, 0.15) is 0 Å². The zero-order valence-corrected chi connectivity index (χ0v) is 10.6. The minimum atomic E-state index is 0.289. The first-order valence-electron chi connectivity index (χ1n) is 6.08. The minimum Gasteiger partial charge on any atom is -0.454 e. The van der Waals surface area contributed by atoms with Crippen LogP contribution in [0.5, 0.6) is 11.5 Å². The molecule has 0 amide bonds. The highest BCUT2D eigenvalue weighted by molar-refractivity contribution is 5.99. The van der Waals surface area contributed by atoms with Gasteiger partial charge in [-0.15, -0.1) is 0 Å². The Balaban J connectivity index is 1.78. The number of fused-ring (bicyclic) bond motifs is 1. The summed E-state index contributed by atoms with van der Waals surface area (Å²) in [5.41, 5.74) is 5.89. The smallest absolute Gasteiger partial charge is 0.231 e. The number of nitrogens with one attached hydrogen (secondary N) is 1. The standard InChI is InChI=1S/C15H14N2O2/c1-11(16-17-13-5-3-2-4-6-13)12-7-8-14-15(9-12)19-10-18-14/h2-9,17H,10H2,1H3/b16-11-. The normalized spacial score (nSPS) is 13.4. The molecule has 4 heteroatoms. The zero-order chi connectivity index (χ0) is 13.1. The van der Waals surface area contributed by atoms with Crippen molar-refractivity contribution in [1.29, 1.82) is 0 Å². The van der Waals surface area contributed by atoms with E-state index in [0.717, 1.165) is 28.5 Å². The second-order valence-electron chi connectivity index (χ2n) is 4.24. The van der Waals surface area contributed by atoms with Gasteiger partial charge < -0.3 is 9.47 Å². The van der Waals surface area contributed by atoms with Crippen LogP contribution in [0.4, 0.5) is 5.69 Å². The van der Waals surface area contributed by atoms with Gasteiger partial charge in [0, 0.05) is 5.56 Å². The average Bonchev–Trinajstić information content (AvgIpc) is 2.93. The number of anilines is 1. The molecule has 0 fully saturated rings. The summed E-state index contributed by atoms with van der Waals surface area (Å²) in [7, 11) is 0. The summed E-state index contributed by atoms with van der Waals surface area (Å²) < 4.78 is 10.6. The topological polar surface area (TPSA) is 42.9 Å². The molecule has 0 saturated carbocycles. The summed E-state index contributed by atoms with van der Waals surface area (Å²) in [6, 6.07) is 15.7. The summed E-state index contributed by atoms with van der Waals surface area (Å²) in [6.07, 6.45) is 0. The Hall–Kier alpha value is -2.49. The lowest BCUT2D eigenvalue weighted by Crippen LogP contribution is -1.99. The van der Waals surface area contributed by atoms with Crippen molar-refractivity contribution < 1.29 is 9.47 Å². The van der Waals surface area contributed by atoms with Crippen LogP contribution in [-0.4, -0.2) is 12.5 Å². The molecule has 0 bridgehead atoms. The van der Waals surface area contributed by atoms with Crippen molar-refractivity contribution in [3.63, 3.8) is 0 Å². The van der Waals surface area contributed by atoms with Gasteiger partial charge in [-0.3, -0.25) is 5.43 Å². The fourth-order valence-corrected chi connectivity index (χ4v) is 1.85. The summed E-state index contributed by atoms with van der Waals surface area (Å²) >= 11 is 0. The molecule has 1 N–H and O–H groups in total. The van der Waals surface area contributed by atoms with Gasteiger partial charge in [0.25, 0.3) is 0 Å². The monoisotopic (exact) mass is 254 g/mol. The molecule has 0 atom stereocenters. The minimum absolute atomic E-state index is 0.289. The second-order valence-corrected chi connectivity index (χ2v) is 4.24. The molecule has 2 aromatic carbocycles. The van der Waals surface area contributed by atoms with Crippen molar-refractivity contribution in [2.24, 2.45) is 5.10 Å². The van der Waals surface area contributed by atoms with Crippen LogP contribution in [0.1, 0.15) is 12.5 Å². The van der Waals surface area contributed by atoms with Crippen molar-refractivity contribution in [1.82, 2.24) is 0 Å². The van der Waals surface area contributed by atoms with Gasteiger partial charge in [-0.1, -0.05) is 18.2 Å². The number of hydrogen-bond donors (Lipinski definition) is 1. The van der Waals surface area contributed by atoms with E-state index in [1.54, 1.807) is 0 Å². The summed E-state index contributed by atoms with van der Waals surface area (Å²) in [4.78, 5) is 0. The molecule has 1 aliphatic heterocycles. The maximum atomic E-state index is 5.35. The van der Waals surface area contributed by atoms with E-state index in [1.165, 1.54) is 0 Å². The highest BCUT2D eigenvalue weighted by Crippen LogP contribution is 2.32. The number of hydrogen-bond acceptors (Lipinski definition) is 4. The summed E-state index contributed by atoms with van der Waals surface area (Å²) in [5, 5.41) is 4.36. The molecule has 19 heavy (non-hydrogen) atoms. The molecule has 0 spiro atoms. The Morgan fingerprint density at radius 1 is 1.05 bits per heavy atom. The molecule has 2 aromatic rings.